The molecule has 3 aromatic rings. The van der Waals surface area contributed by atoms with Gasteiger partial charge in [0, 0.05) is 43.7 Å². The third kappa shape index (κ3) is 3.70. The second-order valence-electron chi connectivity index (χ2n) is 6.42. The highest BCUT2D eigenvalue weighted by Gasteiger charge is 2.34. The number of benzene rings is 1. The monoisotopic (exact) mass is 395 g/mol. The number of anilines is 2. The lowest BCUT2D eigenvalue weighted by atomic mass is 9.99. The number of nitrogens with zero attached hydrogens (tertiary/aromatic N) is 6. The summed E-state index contributed by atoms with van der Waals surface area (Å²) < 4.78 is 6.81. The zero-order valence-corrected chi connectivity index (χ0v) is 15.4. The number of nitro benzene ring substituents is 1. The van der Waals surface area contributed by atoms with Crippen molar-refractivity contribution in [3.63, 3.8) is 0 Å². The number of non-ortho nitro benzene ring substituents is 1. The standard InChI is InChI=1S/C18H17N7O4/c1-29-15-4-3-13(25(27)28)7-14(15)22-18(26)12-9-23(10-12)16-8-17(20-11-19-16)24-6-2-5-21-24/h2-8,11-12H,9-10H2,1H3,(H,22,26). The third-order valence-electron chi connectivity index (χ3n) is 4.61. The molecule has 0 radical (unpaired) electrons. The fourth-order valence-corrected chi connectivity index (χ4v) is 3.01. The molecule has 148 valence electrons. The third-order valence-corrected chi connectivity index (χ3v) is 4.61. The SMILES string of the molecule is COc1ccc([N+](=O)[O-])cc1NC(=O)C1CN(c2cc(-n3cccn3)ncn2)C1. The van der Waals surface area contributed by atoms with Gasteiger partial charge in [0.15, 0.2) is 5.82 Å². The molecule has 1 fully saturated rings. The van der Waals surface area contributed by atoms with E-state index in [9.17, 15) is 14.9 Å². The summed E-state index contributed by atoms with van der Waals surface area (Å²) in [4.78, 5) is 33.4. The van der Waals surface area contributed by atoms with Gasteiger partial charge in [-0.1, -0.05) is 0 Å². The summed E-state index contributed by atoms with van der Waals surface area (Å²) in [6, 6.07) is 7.66. The Hall–Kier alpha value is -4.02. The molecule has 0 unspecified atom stereocenters. The Morgan fingerprint density at radius 1 is 1.28 bits per heavy atom. The highest BCUT2D eigenvalue weighted by Crippen LogP contribution is 2.31. The fourth-order valence-electron chi connectivity index (χ4n) is 3.01. The summed E-state index contributed by atoms with van der Waals surface area (Å²) in [6.45, 7) is 0.942. The van der Waals surface area contributed by atoms with Crippen LogP contribution in [0.25, 0.3) is 5.82 Å². The first-order valence-corrected chi connectivity index (χ1v) is 8.75. The number of amides is 1. The van der Waals surface area contributed by atoms with E-state index in [-0.39, 0.29) is 23.2 Å². The summed E-state index contributed by atoms with van der Waals surface area (Å²) in [6.07, 6.45) is 4.90. The molecule has 11 nitrogen and oxygen atoms in total. The van der Waals surface area contributed by atoms with E-state index in [1.807, 2.05) is 4.90 Å². The quantitative estimate of drug-likeness (QED) is 0.493. The number of hydrogen-bond donors (Lipinski definition) is 1. The molecule has 11 heteroatoms. The van der Waals surface area contributed by atoms with Crippen molar-refractivity contribution in [2.24, 2.45) is 5.92 Å². The number of nitrogens with one attached hydrogen (secondary N) is 1. The Kier molecular flexibility index (Phi) is 4.77. The van der Waals surface area contributed by atoms with Crippen molar-refractivity contribution in [2.45, 2.75) is 0 Å². The van der Waals surface area contributed by atoms with Gasteiger partial charge in [-0.05, 0) is 12.1 Å². The molecule has 1 aliphatic rings. The first kappa shape index (κ1) is 18.3. The molecule has 0 bridgehead atoms. The number of aromatic nitrogens is 4. The van der Waals surface area contributed by atoms with Crippen molar-refractivity contribution in [1.82, 2.24) is 19.7 Å². The molecule has 1 aromatic carbocycles. The number of hydrogen-bond acceptors (Lipinski definition) is 8. The lowest BCUT2D eigenvalue weighted by molar-refractivity contribution is -0.384. The topological polar surface area (TPSA) is 128 Å². The van der Waals surface area contributed by atoms with Crippen LogP contribution >= 0.6 is 0 Å². The lowest BCUT2D eigenvalue weighted by Gasteiger charge is -2.39. The Balaban J connectivity index is 1.42. The van der Waals surface area contributed by atoms with Gasteiger partial charge in [-0.15, -0.1) is 0 Å². The molecule has 0 atom stereocenters. The lowest BCUT2D eigenvalue weighted by Crippen LogP contribution is -2.52. The molecule has 1 N–H and O–H groups in total. The van der Waals surface area contributed by atoms with Crippen LogP contribution in [0, 0.1) is 16.0 Å². The molecule has 1 aliphatic heterocycles. The summed E-state index contributed by atoms with van der Waals surface area (Å²) >= 11 is 0. The maximum Gasteiger partial charge on any atom is 0.271 e. The van der Waals surface area contributed by atoms with Crippen LogP contribution in [-0.4, -0.2) is 50.8 Å². The van der Waals surface area contributed by atoms with Crippen molar-refractivity contribution in [1.29, 1.82) is 0 Å². The molecular formula is C18H17N7O4. The van der Waals surface area contributed by atoms with Crippen LogP contribution in [0.3, 0.4) is 0 Å². The average molecular weight is 395 g/mol. The van der Waals surface area contributed by atoms with Gasteiger partial charge >= 0.3 is 0 Å². The van der Waals surface area contributed by atoms with Crippen molar-refractivity contribution in [3.05, 3.63) is 59.2 Å². The molecule has 2 aromatic heterocycles. The van der Waals surface area contributed by atoms with Gasteiger partial charge in [0.2, 0.25) is 5.91 Å². The molecule has 0 spiro atoms. The largest absolute Gasteiger partial charge is 0.495 e. The van der Waals surface area contributed by atoms with Crippen LogP contribution in [0.2, 0.25) is 0 Å². The van der Waals surface area contributed by atoms with E-state index in [1.54, 1.807) is 29.2 Å². The minimum atomic E-state index is -0.521. The van der Waals surface area contributed by atoms with Crippen molar-refractivity contribution in [2.75, 3.05) is 30.4 Å². The van der Waals surface area contributed by atoms with E-state index in [0.717, 1.165) is 0 Å². The molecule has 3 heterocycles. The van der Waals surface area contributed by atoms with Gasteiger partial charge in [-0.3, -0.25) is 14.9 Å². The van der Waals surface area contributed by atoms with E-state index < -0.39 is 4.92 Å². The van der Waals surface area contributed by atoms with Crippen LogP contribution in [0.1, 0.15) is 0 Å². The molecule has 1 amide bonds. The maximum absolute atomic E-state index is 12.6. The minimum absolute atomic E-state index is 0.122. The van der Waals surface area contributed by atoms with Crippen molar-refractivity contribution < 1.29 is 14.5 Å². The van der Waals surface area contributed by atoms with Crippen LogP contribution < -0.4 is 15.0 Å². The van der Waals surface area contributed by atoms with Crippen molar-refractivity contribution in [3.8, 4) is 11.6 Å². The molecule has 1 saturated heterocycles. The Bertz CT molecular complexity index is 1050. The van der Waals surface area contributed by atoms with Crippen molar-refractivity contribution >= 4 is 23.1 Å². The summed E-state index contributed by atoms with van der Waals surface area (Å²) in [7, 11) is 1.44. The predicted molar refractivity (Wildman–Crippen MR) is 103 cm³/mol. The summed E-state index contributed by atoms with van der Waals surface area (Å²) in [5.74, 6) is 1.18. The predicted octanol–water partition coefficient (Wildman–Crippen LogP) is 1.65. The second kappa shape index (κ2) is 7.54. The highest BCUT2D eigenvalue weighted by atomic mass is 16.6. The van der Waals surface area contributed by atoms with E-state index in [4.69, 9.17) is 4.74 Å². The normalized spacial score (nSPS) is 13.6. The zero-order valence-electron chi connectivity index (χ0n) is 15.4. The van der Waals surface area contributed by atoms with E-state index in [1.165, 1.54) is 31.6 Å². The fraction of sp³-hybridized carbons (Fsp3) is 0.222. The number of ether oxygens (including phenoxy) is 1. The number of nitro groups is 1. The molecule has 0 saturated carbocycles. The Morgan fingerprint density at radius 2 is 2.07 bits per heavy atom. The van der Waals surface area contributed by atoms with Gasteiger partial charge in [0.25, 0.3) is 5.69 Å². The first-order chi connectivity index (χ1) is 14.0. The maximum atomic E-state index is 12.6. The summed E-state index contributed by atoms with van der Waals surface area (Å²) in [5, 5.41) is 17.8. The summed E-state index contributed by atoms with van der Waals surface area (Å²) in [5.41, 5.74) is 0.150. The minimum Gasteiger partial charge on any atom is -0.495 e. The molecule has 4 rings (SSSR count). The van der Waals surface area contributed by atoms with E-state index >= 15 is 0 Å². The number of methoxy groups -OCH3 is 1. The van der Waals surface area contributed by atoms with Crippen LogP contribution in [0.5, 0.6) is 5.75 Å². The van der Waals surface area contributed by atoms with E-state index in [0.29, 0.717) is 30.5 Å². The highest BCUT2D eigenvalue weighted by molar-refractivity contribution is 5.96. The Labute approximate surface area is 165 Å². The second-order valence-corrected chi connectivity index (χ2v) is 6.42. The van der Waals surface area contributed by atoms with Crippen LogP contribution in [0.15, 0.2) is 49.1 Å². The molecular weight excluding hydrogens is 378 g/mol. The Morgan fingerprint density at radius 3 is 2.76 bits per heavy atom. The number of carbonyl (C=O) groups is 1. The van der Waals surface area contributed by atoms with Gasteiger partial charge in [-0.2, -0.15) is 5.10 Å². The average Bonchev–Trinajstić information content (AvgIpc) is 3.22. The van der Waals surface area contributed by atoms with Gasteiger partial charge in [-0.25, -0.2) is 14.6 Å². The number of rotatable bonds is 6. The van der Waals surface area contributed by atoms with Gasteiger partial charge in [0.05, 0.1) is 23.6 Å². The first-order valence-electron chi connectivity index (χ1n) is 8.75. The van der Waals surface area contributed by atoms with Crippen LogP contribution in [-0.2, 0) is 4.79 Å². The van der Waals surface area contributed by atoms with Crippen LogP contribution in [0.4, 0.5) is 17.2 Å². The molecule has 29 heavy (non-hydrogen) atoms. The smallest absolute Gasteiger partial charge is 0.271 e. The molecule has 0 aliphatic carbocycles. The number of carbonyl (C=O) groups excluding carboxylic acids is 1. The van der Waals surface area contributed by atoms with E-state index in [2.05, 4.69) is 20.4 Å². The van der Waals surface area contributed by atoms with Gasteiger partial charge < -0.3 is 15.0 Å². The zero-order chi connectivity index (χ0) is 20.4. The van der Waals surface area contributed by atoms with Gasteiger partial charge in [0.1, 0.15) is 17.9 Å².